The molecule has 0 heterocycles. The second kappa shape index (κ2) is 6.55. The van der Waals surface area contributed by atoms with E-state index in [1.165, 1.54) is 0 Å². The minimum absolute atomic E-state index is 0.00678. The van der Waals surface area contributed by atoms with Crippen molar-refractivity contribution in [2.24, 2.45) is 40.4 Å². The van der Waals surface area contributed by atoms with Crippen molar-refractivity contribution >= 4 is 14.1 Å². The molecule has 0 unspecified atom stereocenters. The molecule has 0 spiro atoms. The van der Waals surface area contributed by atoms with Crippen LogP contribution < -0.4 is 0 Å². The minimum Gasteiger partial charge on any atom is -0.413 e. The molecule has 0 aromatic rings. The fourth-order valence-corrected chi connectivity index (χ4v) is 8.89. The van der Waals surface area contributed by atoms with Gasteiger partial charge < -0.3 is 14.6 Å². The van der Waals surface area contributed by atoms with Gasteiger partial charge >= 0.3 is 0 Å². The number of ketones is 1. The van der Waals surface area contributed by atoms with Gasteiger partial charge in [-0.2, -0.15) is 0 Å². The standard InChI is InChI=1S/C26H44O4Si/c1-14-11-17-19(24(17,6)7)20-21(30-31(9,10)23(3,4)5)15(2)22(28)26(29)13-16(27)12-18(26)25(14,20)8/h12,14-15,17,19-22,28-29H,11,13H2,1-10H3/t14-,15+,17-,19+,20-,21-,22-,25-,26+/m1/s1. The highest BCUT2D eigenvalue weighted by Gasteiger charge is 2.74. The lowest BCUT2D eigenvalue weighted by Crippen LogP contribution is -2.54. The number of aliphatic hydroxyl groups excluding tert-OH is 1. The van der Waals surface area contributed by atoms with Gasteiger partial charge in [0.15, 0.2) is 14.1 Å². The molecule has 4 aliphatic rings. The summed E-state index contributed by atoms with van der Waals surface area (Å²) in [5.74, 6) is 1.31. The molecule has 2 N–H and O–H groups in total. The Morgan fingerprint density at radius 3 is 2.26 bits per heavy atom. The van der Waals surface area contributed by atoms with Gasteiger partial charge in [0, 0.05) is 12.3 Å². The van der Waals surface area contributed by atoms with Crippen LogP contribution in [-0.2, 0) is 9.22 Å². The number of fused-ring (bicyclic) bond motifs is 5. The van der Waals surface area contributed by atoms with Gasteiger partial charge in [0.25, 0.3) is 0 Å². The quantitative estimate of drug-likeness (QED) is 0.587. The van der Waals surface area contributed by atoms with Crippen molar-refractivity contribution in [3.8, 4) is 0 Å². The summed E-state index contributed by atoms with van der Waals surface area (Å²) in [4.78, 5) is 12.6. The van der Waals surface area contributed by atoms with E-state index in [2.05, 4.69) is 61.6 Å². The van der Waals surface area contributed by atoms with Crippen LogP contribution >= 0.6 is 0 Å². The van der Waals surface area contributed by atoms with Gasteiger partial charge in [-0.15, -0.1) is 0 Å². The molecule has 3 fully saturated rings. The lowest BCUT2D eigenvalue weighted by Gasteiger charge is -2.52. The van der Waals surface area contributed by atoms with Crippen LogP contribution in [0.25, 0.3) is 0 Å². The van der Waals surface area contributed by atoms with Crippen molar-refractivity contribution in [3.63, 3.8) is 0 Å². The van der Waals surface area contributed by atoms with Gasteiger partial charge in [0.1, 0.15) is 5.60 Å². The van der Waals surface area contributed by atoms with Crippen LogP contribution in [0, 0.1) is 40.4 Å². The maximum atomic E-state index is 12.6. The summed E-state index contributed by atoms with van der Waals surface area (Å²) in [7, 11) is -2.13. The molecule has 5 heteroatoms. The number of hydrogen-bond acceptors (Lipinski definition) is 4. The van der Waals surface area contributed by atoms with Gasteiger partial charge in [-0.05, 0) is 70.7 Å². The molecule has 4 nitrogen and oxygen atoms in total. The summed E-state index contributed by atoms with van der Waals surface area (Å²) in [6, 6.07) is 0. The summed E-state index contributed by atoms with van der Waals surface area (Å²) in [6.07, 6.45) is 1.64. The second-order valence-corrected chi connectivity index (χ2v) is 18.4. The molecular formula is C26H44O4Si. The topological polar surface area (TPSA) is 66.8 Å². The molecule has 0 aliphatic heterocycles. The predicted octanol–water partition coefficient (Wildman–Crippen LogP) is 4.95. The molecule has 3 saturated carbocycles. The Kier molecular flexibility index (Phi) is 5.00. The van der Waals surface area contributed by atoms with Crippen molar-refractivity contribution in [1.29, 1.82) is 0 Å². The summed E-state index contributed by atoms with van der Waals surface area (Å²) in [5, 5.41) is 23.4. The van der Waals surface area contributed by atoms with Gasteiger partial charge in [-0.1, -0.05) is 55.4 Å². The Bertz CT molecular complexity index is 824. The van der Waals surface area contributed by atoms with Gasteiger partial charge in [0.2, 0.25) is 0 Å². The van der Waals surface area contributed by atoms with E-state index in [1.54, 1.807) is 6.08 Å². The molecule has 9 atom stereocenters. The first-order valence-corrected chi connectivity index (χ1v) is 15.1. The van der Waals surface area contributed by atoms with Crippen molar-refractivity contribution < 1.29 is 19.4 Å². The molecule has 4 aliphatic carbocycles. The Balaban J connectivity index is 1.92. The molecule has 0 amide bonds. The Morgan fingerprint density at radius 2 is 1.71 bits per heavy atom. The SMILES string of the molecule is C[C@H]1[C@@H](O[Si](C)(C)C(C)(C)C)[C@H]2[C@@H]3[C@@H](C[C@@H](C)[C@]2(C)C2=CC(=O)C[C@@]2(O)[C@@H]1O)C3(C)C. The number of aliphatic hydroxyl groups is 2. The Hall–Kier alpha value is -0.493. The van der Waals surface area contributed by atoms with Crippen molar-refractivity contribution in [2.75, 3.05) is 0 Å². The first-order chi connectivity index (χ1) is 13.9. The summed E-state index contributed by atoms with van der Waals surface area (Å²) < 4.78 is 7.17. The molecule has 0 saturated heterocycles. The number of carbonyl (C=O) groups is 1. The monoisotopic (exact) mass is 448 g/mol. The zero-order chi connectivity index (χ0) is 23.5. The maximum absolute atomic E-state index is 12.6. The smallest absolute Gasteiger partial charge is 0.192 e. The van der Waals surface area contributed by atoms with E-state index in [0.717, 1.165) is 12.0 Å². The number of hydrogen-bond donors (Lipinski definition) is 2. The fraction of sp³-hybridized carbons (Fsp3) is 0.885. The van der Waals surface area contributed by atoms with E-state index >= 15 is 0 Å². The zero-order valence-electron chi connectivity index (χ0n) is 21.2. The average molecular weight is 449 g/mol. The Morgan fingerprint density at radius 1 is 1.13 bits per heavy atom. The summed E-state index contributed by atoms with van der Waals surface area (Å²) >= 11 is 0. The van der Waals surface area contributed by atoms with Crippen LogP contribution in [0.5, 0.6) is 0 Å². The molecular weight excluding hydrogens is 404 g/mol. The third-order valence-electron chi connectivity index (χ3n) is 10.7. The maximum Gasteiger partial charge on any atom is 0.192 e. The van der Waals surface area contributed by atoms with E-state index in [1.807, 2.05) is 6.92 Å². The lowest BCUT2D eigenvalue weighted by atomic mass is 9.55. The van der Waals surface area contributed by atoms with Crippen molar-refractivity contribution in [2.45, 2.75) is 104 Å². The predicted molar refractivity (Wildman–Crippen MR) is 126 cm³/mol. The highest BCUT2D eigenvalue weighted by atomic mass is 28.4. The van der Waals surface area contributed by atoms with Crippen LogP contribution in [0.4, 0.5) is 0 Å². The van der Waals surface area contributed by atoms with Crippen LogP contribution in [0.2, 0.25) is 18.1 Å². The van der Waals surface area contributed by atoms with Crippen LogP contribution in [0.15, 0.2) is 11.6 Å². The number of rotatable bonds is 2. The van der Waals surface area contributed by atoms with E-state index in [-0.39, 0.29) is 46.0 Å². The molecule has 176 valence electrons. The molecule has 31 heavy (non-hydrogen) atoms. The van der Waals surface area contributed by atoms with Gasteiger partial charge in [0.05, 0.1) is 12.2 Å². The minimum atomic E-state index is -2.13. The number of allylic oxidation sites excluding steroid dienone is 1. The van der Waals surface area contributed by atoms with Crippen LogP contribution in [0.3, 0.4) is 0 Å². The largest absolute Gasteiger partial charge is 0.413 e. The number of carbonyl (C=O) groups excluding carboxylic acids is 1. The lowest BCUT2D eigenvalue weighted by molar-refractivity contribution is -0.124. The average Bonchev–Trinajstić information content (AvgIpc) is 2.99. The fourth-order valence-electron chi connectivity index (χ4n) is 7.49. The summed E-state index contributed by atoms with van der Waals surface area (Å²) in [6.45, 7) is 22.7. The highest BCUT2D eigenvalue weighted by Crippen LogP contribution is 2.76. The van der Waals surface area contributed by atoms with Gasteiger partial charge in [-0.3, -0.25) is 4.79 Å². The van der Waals surface area contributed by atoms with E-state index in [4.69, 9.17) is 4.43 Å². The van der Waals surface area contributed by atoms with Crippen LogP contribution in [-0.4, -0.2) is 42.1 Å². The van der Waals surface area contributed by atoms with Crippen LogP contribution in [0.1, 0.15) is 68.2 Å². The molecule has 0 bridgehead atoms. The van der Waals surface area contributed by atoms with Crippen molar-refractivity contribution in [3.05, 3.63) is 11.6 Å². The summed E-state index contributed by atoms with van der Waals surface area (Å²) in [5.41, 5.74) is -0.837. The Labute approximate surface area is 190 Å². The molecule has 4 rings (SSSR count). The first kappa shape index (κ1) is 23.7. The molecule has 0 aromatic carbocycles. The molecule has 0 aromatic heterocycles. The zero-order valence-corrected chi connectivity index (χ0v) is 22.2. The van der Waals surface area contributed by atoms with Gasteiger partial charge in [-0.25, -0.2) is 0 Å². The highest BCUT2D eigenvalue weighted by molar-refractivity contribution is 6.74. The molecule has 0 radical (unpaired) electrons. The van der Waals surface area contributed by atoms with E-state index in [0.29, 0.717) is 17.8 Å². The third kappa shape index (κ3) is 2.98. The first-order valence-electron chi connectivity index (χ1n) is 12.2. The normalized spacial score (nSPS) is 49.0. The second-order valence-electron chi connectivity index (χ2n) is 13.7. The third-order valence-corrected chi connectivity index (χ3v) is 15.2. The van der Waals surface area contributed by atoms with E-state index < -0.39 is 20.0 Å². The van der Waals surface area contributed by atoms with Crippen molar-refractivity contribution in [1.82, 2.24) is 0 Å². The van der Waals surface area contributed by atoms with E-state index in [9.17, 15) is 15.0 Å².